The standard InChI is InChI=1S/C25H26N2O3/c1-30-23-15-14-21(26-24(28)16-12-19-8-4-2-5-9-19)18-22(23)27-25(29)17-13-20-10-6-3-7-11-20/h2-11,14-15,18H,12-13,16-17H2,1H3,(H,26,28)(H,27,29). The van der Waals surface area contributed by atoms with Crippen molar-refractivity contribution in [2.24, 2.45) is 0 Å². The van der Waals surface area contributed by atoms with Crippen molar-refractivity contribution in [2.75, 3.05) is 17.7 Å². The first-order valence-electron chi connectivity index (χ1n) is 9.99. The van der Waals surface area contributed by atoms with Crippen LogP contribution in [0.15, 0.2) is 78.9 Å². The van der Waals surface area contributed by atoms with Crippen LogP contribution in [0.4, 0.5) is 11.4 Å². The monoisotopic (exact) mass is 402 g/mol. The molecule has 0 aliphatic carbocycles. The van der Waals surface area contributed by atoms with E-state index in [1.165, 1.54) is 0 Å². The molecule has 0 saturated carbocycles. The zero-order valence-electron chi connectivity index (χ0n) is 17.1. The number of rotatable bonds is 9. The summed E-state index contributed by atoms with van der Waals surface area (Å²) in [6.45, 7) is 0. The molecule has 0 fully saturated rings. The van der Waals surface area contributed by atoms with Crippen molar-refractivity contribution in [1.29, 1.82) is 0 Å². The van der Waals surface area contributed by atoms with E-state index in [1.807, 2.05) is 60.7 Å². The number of anilines is 2. The molecule has 3 aromatic rings. The number of carbonyl (C=O) groups is 2. The zero-order chi connectivity index (χ0) is 21.2. The predicted octanol–water partition coefficient (Wildman–Crippen LogP) is 4.84. The highest BCUT2D eigenvalue weighted by Gasteiger charge is 2.11. The maximum absolute atomic E-state index is 12.4. The van der Waals surface area contributed by atoms with Crippen molar-refractivity contribution in [3.05, 3.63) is 90.0 Å². The van der Waals surface area contributed by atoms with E-state index in [2.05, 4.69) is 10.6 Å². The first kappa shape index (κ1) is 21.1. The Morgan fingerprint density at radius 1 is 0.733 bits per heavy atom. The molecule has 0 atom stereocenters. The number of hydrogen-bond acceptors (Lipinski definition) is 3. The number of amides is 2. The maximum atomic E-state index is 12.4. The summed E-state index contributed by atoms with van der Waals surface area (Å²) in [7, 11) is 1.55. The third-order valence-corrected chi connectivity index (χ3v) is 4.72. The summed E-state index contributed by atoms with van der Waals surface area (Å²) in [6.07, 6.45) is 2.08. The van der Waals surface area contributed by atoms with Crippen LogP contribution in [-0.2, 0) is 22.4 Å². The number of aryl methyl sites for hydroxylation is 2. The quantitative estimate of drug-likeness (QED) is 0.538. The molecule has 0 aliphatic rings. The largest absolute Gasteiger partial charge is 0.495 e. The molecular formula is C25H26N2O3. The van der Waals surface area contributed by atoms with Gasteiger partial charge in [-0.15, -0.1) is 0 Å². The van der Waals surface area contributed by atoms with Gasteiger partial charge in [-0.2, -0.15) is 0 Å². The fourth-order valence-corrected chi connectivity index (χ4v) is 3.12. The minimum absolute atomic E-state index is 0.0784. The van der Waals surface area contributed by atoms with Crippen LogP contribution in [0, 0.1) is 0 Å². The molecule has 154 valence electrons. The molecule has 0 radical (unpaired) electrons. The molecule has 0 heterocycles. The van der Waals surface area contributed by atoms with Crippen LogP contribution in [-0.4, -0.2) is 18.9 Å². The van der Waals surface area contributed by atoms with Gasteiger partial charge in [-0.05, 0) is 42.2 Å². The van der Waals surface area contributed by atoms with Crippen molar-refractivity contribution in [2.45, 2.75) is 25.7 Å². The molecule has 3 aromatic carbocycles. The summed E-state index contributed by atoms with van der Waals surface area (Å²) < 4.78 is 5.35. The van der Waals surface area contributed by atoms with Crippen LogP contribution in [0.1, 0.15) is 24.0 Å². The first-order valence-corrected chi connectivity index (χ1v) is 9.99. The second kappa shape index (κ2) is 10.8. The second-order valence-corrected chi connectivity index (χ2v) is 6.98. The van der Waals surface area contributed by atoms with Crippen LogP contribution < -0.4 is 15.4 Å². The molecule has 2 N–H and O–H groups in total. The lowest BCUT2D eigenvalue weighted by Gasteiger charge is -2.13. The van der Waals surface area contributed by atoms with Crippen molar-refractivity contribution in [3.8, 4) is 5.75 Å². The Morgan fingerprint density at radius 2 is 1.27 bits per heavy atom. The van der Waals surface area contributed by atoms with Gasteiger partial charge in [0.15, 0.2) is 0 Å². The summed E-state index contributed by atoms with van der Waals surface area (Å²) in [4.78, 5) is 24.7. The summed E-state index contributed by atoms with van der Waals surface area (Å²) in [6, 6.07) is 25.0. The van der Waals surface area contributed by atoms with Crippen molar-refractivity contribution in [3.63, 3.8) is 0 Å². The van der Waals surface area contributed by atoms with E-state index in [-0.39, 0.29) is 11.8 Å². The molecule has 0 unspecified atom stereocenters. The predicted molar refractivity (Wildman–Crippen MR) is 120 cm³/mol. The summed E-state index contributed by atoms with van der Waals surface area (Å²) in [5, 5.41) is 5.78. The Morgan fingerprint density at radius 3 is 1.80 bits per heavy atom. The number of carbonyl (C=O) groups excluding carboxylic acids is 2. The van der Waals surface area contributed by atoms with Gasteiger partial charge < -0.3 is 15.4 Å². The molecule has 5 nitrogen and oxygen atoms in total. The van der Waals surface area contributed by atoms with Crippen molar-refractivity contribution < 1.29 is 14.3 Å². The smallest absolute Gasteiger partial charge is 0.224 e. The molecule has 0 aliphatic heterocycles. The third kappa shape index (κ3) is 6.48. The Bertz CT molecular complexity index is 972. The van der Waals surface area contributed by atoms with Gasteiger partial charge in [0.05, 0.1) is 12.8 Å². The SMILES string of the molecule is COc1ccc(NC(=O)CCc2ccccc2)cc1NC(=O)CCc1ccccc1. The number of benzene rings is 3. The Kier molecular flexibility index (Phi) is 7.61. The van der Waals surface area contributed by atoms with Crippen LogP contribution in [0.3, 0.4) is 0 Å². The fraction of sp³-hybridized carbons (Fsp3) is 0.200. The van der Waals surface area contributed by atoms with E-state index in [4.69, 9.17) is 4.74 Å². The van der Waals surface area contributed by atoms with Gasteiger partial charge in [-0.3, -0.25) is 9.59 Å². The van der Waals surface area contributed by atoms with Gasteiger partial charge in [-0.1, -0.05) is 60.7 Å². The van der Waals surface area contributed by atoms with Gasteiger partial charge in [0.1, 0.15) is 5.75 Å². The summed E-state index contributed by atoms with van der Waals surface area (Å²) in [5.41, 5.74) is 3.39. The molecule has 0 bridgehead atoms. The van der Waals surface area contributed by atoms with Gasteiger partial charge in [0, 0.05) is 18.5 Å². The summed E-state index contributed by atoms with van der Waals surface area (Å²) in [5.74, 6) is 0.362. The lowest BCUT2D eigenvalue weighted by molar-refractivity contribution is -0.116. The second-order valence-electron chi connectivity index (χ2n) is 6.98. The fourth-order valence-electron chi connectivity index (χ4n) is 3.12. The highest BCUT2D eigenvalue weighted by atomic mass is 16.5. The molecule has 0 saturated heterocycles. The molecule has 0 spiro atoms. The average Bonchev–Trinajstić information content (AvgIpc) is 2.78. The molecule has 30 heavy (non-hydrogen) atoms. The molecule has 2 amide bonds. The van der Waals surface area contributed by atoms with Crippen LogP contribution in [0.2, 0.25) is 0 Å². The zero-order valence-corrected chi connectivity index (χ0v) is 17.1. The molecule has 5 heteroatoms. The van der Waals surface area contributed by atoms with Crippen molar-refractivity contribution >= 4 is 23.2 Å². The molecular weight excluding hydrogens is 376 g/mol. The van der Waals surface area contributed by atoms with Crippen LogP contribution in [0.5, 0.6) is 5.75 Å². The minimum atomic E-state index is -0.107. The lowest BCUT2D eigenvalue weighted by atomic mass is 10.1. The van der Waals surface area contributed by atoms with Crippen LogP contribution >= 0.6 is 0 Å². The topological polar surface area (TPSA) is 67.4 Å². The normalized spacial score (nSPS) is 10.3. The van der Waals surface area contributed by atoms with E-state index in [0.717, 1.165) is 11.1 Å². The Hall–Kier alpha value is -3.60. The number of nitrogens with one attached hydrogen (secondary N) is 2. The molecule has 3 rings (SSSR count). The van der Waals surface area contributed by atoms with E-state index in [9.17, 15) is 9.59 Å². The maximum Gasteiger partial charge on any atom is 0.224 e. The van der Waals surface area contributed by atoms with Gasteiger partial charge in [0.2, 0.25) is 11.8 Å². The molecule has 0 aromatic heterocycles. The lowest BCUT2D eigenvalue weighted by Crippen LogP contribution is -2.15. The van der Waals surface area contributed by atoms with Gasteiger partial charge in [-0.25, -0.2) is 0 Å². The highest BCUT2D eigenvalue weighted by Crippen LogP contribution is 2.28. The Balaban J connectivity index is 1.57. The third-order valence-electron chi connectivity index (χ3n) is 4.72. The van der Waals surface area contributed by atoms with Crippen molar-refractivity contribution in [1.82, 2.24) is 0 Å². The van der Waals surface area contributed by atoms with E-state index in [0.29, 0.717) is 42.8 Å². The van der Waals surface area contributed by atoms with E-state index >= 15 is 0 Å². The number of methoxy groups -OCH3 is 1. The highest BCUT2D eigenvalue weighted by molar-refractivity contribution is 5.95. The van der Waals surface area contributed by atoms with Gasteiger partial charge in [0.25, 0.3) is 0 Å². The van der Waals surface area contributed by atoms with Gasteiger partial charge >= 0.3 is 0 Å². The van der Waals surface area contributed by atoms with E-state index < -0.39 is 0 Å². The number of hydrogen-bond donors (Lipinski definition) is 2. The van der Waals surface area contributed by atoms with E-state index in [1.54, 1.807) is 25.3 Å². The number of ether oxygens (including phenoxy) is 1. The first-order chi connectivity index (χ1) is 14.6. The minimum Gasteiger partial charge on any atom is -0.495 e. The van der Waals surface area contributed by atoms with Crippen LogP contribution in [0.25, 0.3) is 0 Å². The Labute approximate surface area is 177 Å². The average molecular weight is 402 g/mol. The summed E-state index contributed by atoms with van der Waals surface area (Å²) >= 11 is 0.